The molecule has 302 valence electrons. The summed E-state index contributed by atoms with van der Waals surface area (Å²) in [4.78, 5) is 21.0. The van der Waals surface area contributed by atoms with Gasteiger partial charge in [0, 0.05) is 60.4 Å². The molecule has 0 atom stereocenters. The van der Waals surface area contributed by atoms with Gasteiger partial charge >= 0.3 is 0 Å². The minimum Gasteiger partial charge on any atom is -0.309 e. The van der Waals surface area contributed by atoms with E-state index in [1.165, 1.54) is 38.0 Å². The Morgan fingerprint density at radius 3 is 1.51 bits per heavy atom. The van der Waals surface area contributed by atoms with Crippen LogP contribution in [0.1, 0.15) is 0 Å². The molecular formula is C60H37N5. The van der Waals surface area contributed by atoms with E-state index in [0.29, 0.717) is 17.5 Å². The zero-order valence-electron chi connectivity index (χ0n) is 35.1. The van der Waals surface area contributed by atoms with Gasteiger partial charge in [-0.1, -0.05) is 194 Å². The van der Waals surface area contributed by atoms with Gasteiger partial charge in [0.15, 0.2) is 17.5 Å². The SMILES string of the molecule is c1ccc(-c2nc3c(-c4ccc(-c5nc(-c6ccc7ccccc7c6)nc(-c6ccc7ccccc7c6)n5)cc4)cccc3c3c2ccc2c4ccccc4n(-c4ccccc4)c23)cc1. The summed E-state index contributed by atoms with van der Waals surface area (Å²) in [5.74, 6) is 1.87. The van der Waals surface area contributed by atoms with Crippen molar-refractivity contribution in [1.82, 2.24) is 24.5 Å². The predicted octanol–water partition coefficient (Wildman–Crippen LogP) is 15.3. The molecule has 0 aliphatic heterocycles. The van der Waals surface area contributed by atoms with Crippen LogP contribution in [-0.2, 0) is 0 Å². The van der Waals surface area contributed by atoms with Crippen molar-refractivity contribution >= 4 is 65.0 Å². The average Bonchev–Trinajstić information content (AvgIpc) is 3.73. The van der Waals surface area contributed by atoms with Crippen molar-refractivity contribution in [3.8, 4) is 62.2 Å². The van der Waals surface area contributed by atoms with Crippen molar-refractivity contribution in [3.05, 3.63) is 224 Å². The van der Waals surface area contributed by atoms with E-state index in [1.54, 1.807) is 0 Å². The molecule has 10 aromatic carbocycles. The van der Waals surface area contributed by atoms with Crippen LogP contribution in [0.5, 0.6) is 0 Å². The van der Waals surface area contributed by atoms with Crippen LogP contribution in [0.25, 0.3) is 127 Å². The zero-order chi connectivity index (χ0) is 42.8. The highest BCUT2D eigenvalue weighted by Gasteiger charge is 2.21. The fourth-order valence-electron chi connectivity index (χ4n) is 9.68. The fraction of sp³-hybridized carbons (Fsp3) is 0. The number of pyridine rings is 1. The minimum atomic E-state index is 0.613. The van der Waals surface area contributed by atoms with Gasteiger partial charge in [0.2, 0.25) is 0 Å². The standard InChI is InChI=1S/C60H37N5/c1-3-16-41(17-4-1)55-52-35-34-50-49-22-11-12-25-53(49)65(47-20-5-2-6-21-47)57(50)54(52)51-24-13-23-48(56(51)61-55)40-28-30-42(31-29-40)58-62-59(45-32-26-38-14-7-9-18-43(38)36-45)64-60(63-58)46-33-27-39-15-8-10-19-44(39)37-46/h1-37H. The first-order valence-corrected chi connectivity index (χ1v) is 22.0. The maximum absolute atomic E-state index is 5.58. The molecule has 5 heteroatoms. The molecule has 5 nitrogen and oxygen atoms in total. The molecular weight excluding hydrogens is 791 g/mol. The van der Waals surface area contributed by atoms with Crippen LogP contribution in [0.2, 0.25) is 0 Å². The molecule has 0 aliphatic carbocycles. The van der Waals surface area contributed by atoms with Crippen molar-refractivity contribution in [2.45, 2.75) is 0 Å². The molecule has 0 spiro atoms. The average molecular weight is 828 g/mol. The maximum atomic E-state index is 5.58. The summed E-state index contributed by atoms with van der Waals surface area (Å²) in [6.45, 7) is 0. The second kappa shape index (κ2) is 14.9. The van der Waals surface area contributed by atoms with Crippen LogP contribution in [-0.4, -0.2) is 24.5 Å². The molecule has 13 aromatic rings. The van der Waals surface area contributed by atoms with E-state index < -0.39 is 0 Å². The lowest BCUT2D eigenvalue weighted by Gasteiger charge is -2.16. The van der Waals surface area contributed by atoms with Crippen molar-refractivity contribution in [2.24, 2.45) is 0 Å². The van der Waals surface area contributed by atoms with Gasteiger partial charge in [0.1, 0.15) is 0 Å². The number of nitrogens with zero attached hydrogens (tertiary/aromatic N) is 5. The molecule has 0 unspecified atom stereocenters. The van der Waals surface area contributed by atoms with Crippen LogP contribution >= 0.6 is 0 Å². The molecule has 0 radical (unpaired) electrons. The highest BCUT2D eigenvalue weighted by atomic mass is 15.0. The summed E-state index contributed by atoms with van der Waals surface area (Å²) < 4.78 is 2.43. The lowest BCUT2D eigenvalue weighted by atomic mass is 9.94. The highest BCUT2D eigenvalue weighted by molar-refractivity contribution is 6.28. The van der Waals surface area contributed by atoms with Gasteiger partial charge in [0.05, 0.1) is 22.2 Å². The quantitative estimate of drug-likeness (QED) is 0.157. The summed E-state index contributed by atoms with van der Waals surface area (Å²) in [5, 5.41) is 10.4. The van der Waals surface area contributed by atoms with Gasteiger partial charge < -0.3 is 4.57 Å². The molecule has 3 aromatic heterocycles. The number of aromatic nitrogens is 5. The van der Waals surface area contributed by atoms with E-state index in [1.807, 2.05) is 0 Å². The first-order chi connectivity index (χ1) is 32.2. The molecule has 0 saturated heterocycles. The van der Waals surface area contributed by atoms with Gasteiger partial charge in [-0.05, 0) is 57.4 Å². The van der Waals surface area contributed by atoms with E-state index in [2.05, 4.69) is 229 Å². The molecule has 13 rings (SSSR count). The number of hydrogen-bond donors (Lipinski definition) is 0. The second-order valence-corrected chi connectivity index (χ2v) is 16.6. The van der Waals surface area contributed by atoms with Crippen molar-refractivity contribution in [1.29, 1.82) is 0 Å². The number of rotatable bonds is 6. The molecule has 0 N–H and O–H groups in total. The van der Waals surface area contributed by atoms with E-state index >= 15 is 0 Å². The second-order valence-electron chi connectivity index (χ2n) is 16.6. The van der Waals surface area contributed by atoms with Gasteiger partial charge in [-0.25, -0.2) is 19.9 Å². The largest absolute Gasteiger partial charge is 0.309 e. The van der Waals surface area contributed by atoms with Crippen LogP contribution < -0.4 is 0 Å². The van der Waals surface area contributed by atoms with Crippen molar-refractivity contribution < 1.29 is 0 Å². The molecule has 0 bridgehead atoms. The van der Waals surface area contributed by atoms with Gasteiger partial charge in [0.25, 0.3) is 0 Å². The third kappa shape index (κ3) is 6.16. The lowest BCUT2D eigenvalue weighted by molar-refractivity contribution is 1.08. The van der Waals surface area contributed by atoms with E-state index in [0.717, 1.165) is 71.8 Å². The highest BCUT2D eigenvalue weighted by Crippen LogP contribution is 2.44. The van der Waals surface area contributed by atoms with E-state index in [-0.39, 0.29) is 0 Å². The predicted molar refractivity (Wildman–Crippen MR) is 269 cm³/mol. The van der Waals surface area contributed by atoms with Gasteiger partial charge in [-0.15, -0.1) is 0 Å². The monoisotopic (exact) mass is 827 g/mol. The zero-order valence-corrected chi connectivity index (χ0v) is 35.1. The normalized spacial score (nSPS) is 11.7. The molecule has 0 saturated carbocycles. The Balaban J connectivity index is 1.01. The number of fused-ring (bicyclic) bond motifs is 9. The Hall–Kier alpha value is -8.80. The van der Waals surface area contributed by atoms with Crippen LogP contribution in [0.15, 0.2) is 224 Å². The molecule has 65 heavy (non-hydrogen) atoms. The van der Waals surface area contributed by atoms with Crippen LogP contribution in [0, 0.1) is 0 Å². The summed E-state index contributed by atoms with van der Waals surface area (Å²) >= 11 is 0. The first kappa shape index (κ1) is 36.8. The Labute approximate surface area is 374 Å². The molecule has 0 amide bonds. The van der Waals surface area contributed by atoms with Crippen molar-refractivity contribution in [3.63, 3.8) is 0 Å². The Bertz CT molecular complexity index is 3890. The number of benzene rings is 10. The Kier molecular flexibility index (Phi) is 8.46. The maximum Gasteiger partial charge on any atom is 0.164 e. The van der Waals surface area contributed by atoms with Crippen LogP contribution in [0.4, 0.5) is 0 Å². The number of para-hydroxylation sites is 3. The van der Waals surface area contributed by atoms with Gasteiger partial charge in [-0.3, -0.25) is 0 Å². The summed E-state index contributed by atoms with van der Waals surface area (Å²) in [6.07, 6.45) is 0. The molecule has 3 heterocycles. The summed E-state index contributed by atoms with van der Waals surface area (Å²) in [5.41, 5.74) is 11.3. The molecule has 0 aliphatic rings. The Morgan fingerprint density at radius 1 is 0.308 bits per heavy atom. The van der Waals surface area contributed by atoms with Gasteiger partial charge in [-0.2, -0.15) is 0 Å². The third-order valence-corrected chi connectivity index (χ3v) is 12.8. The summed E-state index contributed by atoms with van der Waals surface area (Å²) in [7, 11) is 0. The topological polar surface area (TPSA) is 56.5 Å². The number of hydrogen-bond acceptors (Lipinski definition) is 4. The minimum absolute atomic E-state index is 0.613. The molecule has 0 fully saturated rings. The Morgan fingerprint density at radius 2 is 0.831 bits per heavy atom. The first-order valence-electron chi connectivity index (χ1n) is 22.0. The lowest BCUT2D eigenvalue weighted by Crippen LogP contribution is -2.00. The van der Waals surface area contributed by atoms with E-state index in [9.17, 15) is 0 Å². The van der Waals surface area contributed by atoms with Crippen LogP contribution in [0.3, 0.4) is 0 Å². The summed E-state index contributed by atoms with van der Waals surface area (Å²) in [6, 6.07) is 79.3. The van der Waals surface area contributed by atoms with Crippen molar-refractivity contribution in [2.75, 3.05) is 0 Å². The smallest absolute Gasteiger partial charge is 0.164 e. The van der Waals surface area contributed by atoms with E-state index in [4.69, 9.17) is 19.9 Å². The fourth-order valence-corrected chi connectivity index (χ4v) is 9.68. The third-order valence-electron chi connectivity index (χ3n) is 12.8.